The van der Waals surface area contributed by atoms with Crippen LogP contribution in [0.3, 0.4) is 0 Å². The van der Waals surface area contributed by atoms with Gasteiger partial charge in [0.2, 0.25) is 0 Å². The van der Waals surface area contributed by atoms with E-state index in [1.807, 2.05) is 12.1 Å². The predicted molar refractivity (Wildman–Crippen MR) is 36.3 cm³/mol. The molecule has 1 aromatic rings. The lowest BCUT2D eigenvalue weighted by Crippen LogP contribution is -2.11. The van der Waals surface area contributed by atoms with Gasteiger partial charge in [0.15, 0.2) is 0 Å². The monoisotopic (exact) mass is 135 g/mol. The maximum atomic E-state index is 5.24. The molecular formula is C8H7O2. The summed E-state index contributed by atoms with van der Waals surface area (Å²) in [5.74, 6) is 1.67. The van der Waals surface area contributed by atoms with Crippen molar-refractivity contribution in [3.63, 3.8) is 0 Å². The molecule has 0 aliphatic carbocycles. The van der Waals surface area contributed by atoms with E-state index in [-0.39, 0.29) is 0 Å². The smallest absolute Gasteiger partial charge is 0.127 e. The first kappa shape index (κ1) is 5.59. The molecule has 2 aliphatic heterocycles. The van der Waals surface area contributed by atoms with Gasteiger partial charge in [-0.2, -0.15) is 0 Å². The topological polar surface area (TPSA) is 18.5 Å². The Balaban J connectivity index is 2.40. The maximum Gasteiger partial charge on any atom is 0.127 e. The third kappa shape index (κ3) is 0.923. The van der Waals surface area contributed by atoms with Gasteiger partial charge in [-0.05, 0) is 18.2 Å². The highest BCUT2D eigenvalue weighted by Gasteiger charge is 2.00. The van der Waals surface area contributed by atoms with Crippen molar-refractivity contribution < 1.29 is 9.47 Å². The standard InChI is InChI=1S/C8H7O2/c1-2-8-4-3-7(1)9-5-6-10-8/h1-3H,5-6H2. The SMILES string of the molecule is [c]1cc2ccc1OCCO2. The van der Waals surface area contributed by atoms with Crippen LogP contribution in [-0.4, -0.2) is 13.2 Å². The summed E-state index contributed by atoms with van der Waals surface area (Å²) < 4.78 is 10.5. The molecule has 10 heavy (non-hydrogen) atoms. The molecule has 0 atom stereocenters. The zero-order chi connectivity index (χ0) is 6.81. The molecule has 0 spiro atoms. The first-order valence-corrected chi connectivity index (χ1v) is 3.22. The number of rotatable bonds is 0. The van der Waals surface area contributed by atoms with Crippen LogP contribution in [0.5, 0.6) is 11.5 Å². The average molecular weight is 135 g/mol. The minimum atomic E-state index is 0.615. The van der Waals surface area contributed by atoms with Crippen LogP contribution in [0.4, 0.5) is 0 Å². The fraction of sp³-hybridized carbons (Fsp3) is 0.250. The molecule has 2 bridgehead atoms. The van der Waals surface area contributed by atoms with Crippen LogP contribution >= 0.6 is 0 Å². The molecular weight excluding hydrogens is 128 g/mol. The number of hydrogen-bond donors (Lipinski definition) is 0. The van der Waals surface area contributed by atoms with Crippen molar-refractivity contribution in [2.45, 2.75) is 0 Å². The van der Waals surface area contributed by atoms with E-state index < -0.39 is 0 Å². The van der Waals surface area contributed by atoms with E-state index in [1.54, 1.807) is 6.07 Å². The molecule has 0 amide bonds. The van der Waals surface area contributed by atoms with Crippen LogP contribution in [0.15, 0.2) is 18.2 Å². The summed E-state index contributed by atoms with van der Waals surface area (Å²) >= 11 is 0. The van der Waals surface area contributed by atoms with Gasteiger partial charge in [-0.1, -0.05) is 0 Å². The summed E-state index contributed by atoms with van der Waals surface area (Å²) in [5, 5.41) is 0. The van der Waals surface area contributed by atoms with Crippen LogP contribution in [-0.2, 0) is 0 Å². The third-order valence-corrected chi connectivity index (χ3v) is 1.37. The second-order valence-electron chi connectivity index (χ2n) is 2.09. The number of benzene rings is 1. The first-order valence-electron chi connectivity index (χ1n) is 3.22. The van der Waals surface area contributed by atoms with Gasteiger partial charge in [-0.3, -0.25) is 0 Å². The van der Waals surface area contributed by atoms with Gasteiger partial charge in [0.05, 0.1) is 0 Å². The summed E-state index contributed by atoms with van der Waals surface area (Å²) in [4.78, 5) is 0. The Morgan fingerprint density at radius 2 is 2.10 bits per heavy atom. The van der Waals surface area contributed by atoms with Crippen molar-refractivity contribution in [2.24, 2.45) is 0 Å². The molecule has 2 heteroatoms. The highest BCUT2D eigenvalue weighted by molar-refractivity contribution is 5.30. The molecule has 1 aromatic carbocycles. The van der Waals surface area contributed by atoms with Crippen molar-refractivity contribution >= 4 is 0 Å². The Bertz CT molecular complexity index is 190. The quantitative estimate of drug-likeness (QED) is 0.533. The normalized spacial score (nSPS) is 14.8. The average Bonchev–Trinajstić information content (AvgIpc) is 1.89. The molecule has 0 aromatic heterocycles. The van der Waals surface area contributed by atoms with E-state index in [2.05, 4.69) is 6.07 Å². The summed E-state index contributed by atoms with van der Waals surface area (Å²) in [6, 6.07) is 8.46. The Morgan fingerprint density at radius 3 is 2.90 bits per heavy atom. The number of ether oxygens (including phenoxy) is 2. The van der Waals surface area contributed by atoms with Crippen molar-refractivity contribution in [2.75, 3.05) is 13.2 Å². The van der Waals surface area contributed by atoms with Crippen LogP contribution < -0.4 is 9.47 Å². The molecule has 2 aliphatic rings. The highest BCUT2D eigenvalue weighted by atomic mass is 16.5. The Hall–Kier alpha value is -1.18. The minimum Gasteiger partial charge on any atom is -0.490 e. The van der Waals surface area contributed by atoms with Crippen LogP contribution in [0.25, 0.3) is 0 Å². The van der Waals surface area contributed by atoms with Gasteiger partial charge in [0.25, 0.3) is 0 Å². The molecule has 2 nitrogen and oxygen atoms in total. The molecule has 0 saturated heterocycles. The van der Waals surface area contributed by atoms with Crippen molar-refractivity contribution in [1.29, 1.82) is 0 Å². The Kier molecular flexibility index (Phi) is 1.24. The minimum absolute atomic E-state index is 0.615. The van der Waals surface area contributed by atoms with Crippen LogP contribution in [0.2, 0.25) is 0 Å². The summed E-state index contributed by atoms with van der Waals surface area (Å²) in [5.41, 5.74) is 0. The fourth-order valence-electron chi connectivity index (χ4n) is 0.887. The summed E-state index contributed by atoms with van der Waals surface area (Å²) in [7, 11) is 0. The molecule has 0 fully saturated rings. The van der Waals surface area contributed by atoms with Gasteiger partial charge < -0.3 is 9.47 Å². The van der Waals surface area contributed by atoms with Gasteiger partial charge in [-0.15, -0.1) is 0 Å². The fourth-order valence-corrected chi connectivity index (χ4v) is 0.887. The molecule has 0 unspecified atom stereocenters. The highest BCUT2D eigenvalue weighted by Crippen LogP contribution is 2.18. The van der Waals surface area contributed by atoms with E-state index in [0.29, 0.717) is 13.2 Å². The second-order valence-corrected chi connectivity index (χ2v) is 2.09. The number of fused-ring (bicyclic) bond motifs is 5. The largest absolute Gasteiger partial charge is 0.490 e. The third-order valence-electron chi connectivity index (χ3n) is 1.37. The molecule has 2 heterocycles. The van der Waals surface area contributed by atoms with E-state index >= 15 is 0 Å². The zero-order valence-electron chi connectivity index (χ0n) is 5.46. The molecule has 0 N–H and O–H groups in total. The molecule has 51 valence electrons. The van der Waals surface area contributed by atoms with E-state index in [4.69, 9.17) is 9.47 Å². The lowest BCUT2D eigenvalue weighted by atomic mass is 10.3. The zero-order valence-corrected chi connectivity index (χ0v) is 5.46. The van der Waals surface area contributed by atoms with E-state index in [9.17, 15) is 0 Å². The van der Waals surface area contributed by atoms with Crippen molar-refractivity contribution in [1.82, 2.24) is 0 Å². The van der Waals surface area contributed by atoms with E-state index in [1.165, 1.54) is 0 Å². The summed E-state index contributed by atoms with van der Waals surface area (Å²) in [6.07, 6.45) is 0. The van der Waals surface area contributed by atoms with Gasteiger partial charge >= 0.3 is 0 Å². The number of hydrogen-bond acceptors (Lipinski definition) is 2. The second kappa shape index (κ2) is 2.21. The van der Waals surface area contributed by atoms with Gasteiger partial charge in [0.1, 0.15) is 24.7 Å². The molecule has 0 saturated carbocycles. The molecule has 1 radical (unpaired) electrons. The molecule has 3 rings (SSSR count). The van der Waals surface area contributed by atoms with E-state index in [0.717, 1.165) is 11.5 Å². The lowest BCUT2D eigenvalue weighted by molar-refractivity contribution is 0.209. The predicted octanol–water partition coefficient (Wildman–Crippen LogP) is 1.26. The van der Waals surface area contributed by atoms with Crippen molar-refractivity contribution in [3.8, 4) is 11.5 Å². The summed E-state index contributed by atoms with van der Waals surface area (Å²) in [6.45, 7) is 1.24. The first-order chi connectivity index (χ1) is 4.95. The van der Waals surface area contributed by atoms with Crippen molar-refractivity contribution in [3.05, 3.63) is 24.3 Å². The van der Waals surface area contributed by atoms with Crippen LogP contribution in [0.1, 0.15) is 0 Å². The lowest BCUT2D eigenvalue weighted by Gasteiger charge is -2.12. The van der Waals surface area contributed by atoms with Crippen LogP contribution in [0, 0.1) is 6.07 Å². The van der Waals surface area contributed by atoms with Gasteiger partial charge in [0, 0.05) is 6.07 Å². The Morgan fingerprint density at radius 1 is 1.20 bits per heavy atom. The Labute approximate surface area is 59.4 Å². The maximum absolute atomic E-state index is 5.24. The van der Waals surface area contributed by atoms with Gasteiger partial charge in [-0.25, -0.2) is 0 Å².